The minimum atomic E-state index is -0.314. The molecular weight excluding hydrogens is 283 g/mol. The highest BCUT2D eigenvalue weighted by Gasteiger charge is 2.20. The Bertz CT molecular complexity index is 683. The molecule has 2 aromatic rings. The number of imidazole rings is 1. The van der Waals surface area contributed by atoms with E-state index in [1.807, 2.05) is 4.57 Å². The molecule has 1 aliphatic heterocycles. The first-order chi connectivity index (χ1) is 10.7. The zero-order valence-electron chi connectivity index (χ0n) is 12.6. The van der Waals surface area contributed by atoms with E-state index in [0.717, 1.165) is 32.0 Å². The third kappa shape index (κ3) is 3.01. The zero-order chi connectivity index (χ0) is 15.5. The average Bonchev–Trinajstić information content (AvgIpc) is 2.96. The fourth-order valence-electron chi connectivity index (χ4n) is 2.59. The van der Waals surface area contributed by atoms with Crippen molar-refractivity contribution >= 4 is 5.91 Å². The molecule has 0 fully saturated rings. The predicted octanol–water partition coefficient (Wildman–Crippen LogP) is 1.79. The number of nitrogens with zero attached hydrogens (tertiary/aromatic N) is 3. The average molecular weight is 302 g/mol. The van der Waals surface area contributed by atoms with E-state index >= 15 is 0 Å². The van der Waals surface area contributed by atoms with Crippen LogP contribution in [0.5, 0.6) is 0 Å². The molecule has 0 bridgehead atoms. The van der Waals surface area contributed by atoms with E-state index in [1.165, 1.54) is 6.07 Å². The van der Waals surface area contributed by atoms with Crippen LogP contribution in [0.3, 0.4) is 0 Å². The van der Waals surface area contributed by atoms with Gasteiger partial charge in [0, 0.05) is 31.4 Å². The van der Waals surface area contributed by atoms with Gasteiger partial charge in [-0.25, -0.2) is 9.37 Å². The minimum Gasteiger partial charge on any atom is -0.346 e. The van der Waals surface area contributed by atoms with E-state index in [1.54, 1.807) is 24.4 Å². The van der Waals surface area contributed by atoms with Crippen molar-refractivity contribution in [3.8, 4) is 0 Å². The molecule has 0 spiro atoms. The van der Waals surface area contributed by atoms with Crippen molar-refractivity contribution in [1.82, 2.24) is 19.8 Å². The number of carbonyl (C=O) groups is 1. The molecule has 1 aromatic heterocycles. The highest BCUT2D eigenvalue weighted by atomic mass is 19.1. The van der Waals surface area contributed by atoms with Gasteiger partial charge in [-0.15, -0.1) is 0 Å². The van der Waals surface area contributed by atoms with Gasteiger partial charge < -0.3 is 9.88 Å². The first kappa shape index (κ1) is 14.7. The van der Waals surface area contributed by atoms with E-state index < -0.39 is 0 Å². The van der Waals surface area contributed by atoms with Gasteiger partial charge in [0.1, 0.15) is 17.3 Å². The summed E-state index contributed by atoms with van der Waals surface area (Å²) >= 11 is 0. The van der Waals surface area contributed by atoms with Crippen molar-refractivity contribution in [3.63, 3.8) is 0 Å². The standard InChI is InChI=1S/C16H19FN4O/c1-2-20-7-8-21-10-14(19-15(21)11-20)16(22)18-9-12-5-3-4-6-13(12)17/h3-6,10H,2,7-9,11H2,1H3,(H,18,22). The molecule has 0 radical (unpaired) electrons. The Labute approximate surface area is 128 Å². The summed E-state index contributed by atoms with van der Waals surface area (Å²) in [5, 5.41) is 2.72. The number of rotatable bonds is 4. The number of nitrogens with one attached hydrogen (secondary N) is 1. The fourth-order valence-corrected chi connectivity index (χ4v) is 2.59. The molecule has 3 rings (SSSR count). The van der Waals surface area contributed by atoms with Gasteiger partial charge in [0.2, 0.25) is 0 Å². The second-order valence-electron chi connectivity index (χ2n) is 5.38. The lowest BCUT2D eigenvalue weighted by atomic mass is 10.2. The van der Waals surface area contributed by atoms with E-state index in [4.69, 9.17) is 0 Å². The summed E-state index contributed by atoms with van der Waals surface area (Å²) in [6.07, 6.45) is 1.78. The molecule has 22 heavy (non-hydrogen) atoms. The minimum absolute atomic E-state index is 0.161. The second-order valence-corrected chi connectivity index (χ2v) is 5.38. The van der Waals surface area contributed by atoms with Crippen LogP contribution >= 0.6 is 0 Å². The summed E-state index contributed by atoms with van der Waals surface area (Å²) in [4.78, 5) is 18.9. The van der Waals surface area contributed by atoms with Gasteiger partial charge in [-0.3, -0.25) is 9.69 Å². The summed E-state index contributed by atoms with van der Waals surface area (Å²) in [5.41, 5.74) is 0.862. The smallest absolute Gasteiger partial charge is 0.271 e. The Kier molecular flexibility index (Phi) is 4.20. The highest BCUT2D eigenvalue weighted by molar-refractivity contribution is 5.92. The molecule has 5 nitrogen and oxygen atoms in total. The van der Waals surface area contributed by atoms with Crippen LogP contribution < -0.4 is 5.32 Å². The summed E-state index contributed by atoms with van der Waals surface area (Å²) in [5.74, 6) is 0.322. The van der Waals surface area contributed by atoms with E-state index in [9.17, 15) is 9.18 Å². The Morgan fingerprint density at radius 2 is 2.18 bits per heavy atom. The van der Waals surface area contributed by atoms with Gasteiger partial charge in [0.05, 0.1) is 6.54 Å². The molecule has 1 amide bonds. The molecule has 0 atom stereocenters. The highest BCUT2D eigenvalue weighted by Crippen LogP contribution is 2.13. The van der Waals surface area contributed by atoms with E-state index in [2.05, 4.69) is 22.1 Å². The largest absolute Gasteiger partial charge is 0.346 e. The van der Waals surface area contributed by atoms with Gasteiger partial charge >= 0.3 is 0 Å². The fraction of sp³-hybridized carbons (Fsp3) is 0.375. The summed E-state index contributed by atoms with van der Waals surface area (Å²) in [7, 11) is 0. The normalized spacial score (nSPS) is 14.6. The van der Waals surface area contributed by atoms with Crippen LogP contribution in [0.25, 0.3) is 0 Å². The van der Waals surface area contributed by atoms with Gasteiger partial charge in [0.25, 0.3) is 5.91 Å². The first-order valence-corrected chi connectivity index (χ1v) is 7.47. The molecule has 2 heterocycles. The van der Waals surface area contributed by atoms with Crippen LogP contribution in [-0.4, -0.2) is 33.4 Å². The molecule has 1 aromatic carbocycles. The van der Waals surface area contributed by atoms with Gasteiger partial charge in [-0.05, 0) is 12.6 Å². The number of halogens is 1. The number of fused-ring (bicyclic) bond motifs is 1. The Morgan fingerprint density at radius 1 is 1.36 bits per heavy atom. The lowest BCUT2D eigenvalue weighted by Gasteiger charge is -2.25. The molecule has 1 aliphatic rings. The maximum Gasteiger partial charge on any atom is 0.271 e. The molecular formula is C16H19FN4O. The lowest BCUT2D eigenvalue weighted by molar-refractivity contribution is 0.0946. The molecule has 116 valence electrons. The van der Waals surface area contributed by atoms with Gasteiger partial charge in [0.15, 0.2) is 0 Å². The maximum absolute atomic E-state index is 13.5. The van der Waals surface area contributed by atoms with Crippen molar-refractivity contribution in [2.24, 2.45) is 0 Å². The summed E-state index contributed by atoms with van der Waals surface area (Å²) in [6.45, 7) is 5.82. The quantitative estimate of drug-likeness (QED) is 0.937. The third-order valence-electron chi connectivity index (χ3n) is 3.96. The van der Waals surface area contributed by atoms with Crippen molar-refractivity contribution < 1.29 is 9.18 Å². The Morgan fingerprint density at radius 3 is 2.95 bits per heavy atom. The van der Waals surface area contributed by atoms with Crippen LogP contribution in [-0.2, 0) is 19.6 Å². The third-order valence-corrected chi connectivity index (χ3v) is 3.96. The number of carbonyl (C=O) groups excluding carboxylic acids is 1. The van der Waals surface area contributed by atoms with Crippen molar-refractivity contribution in [2.75, 3.05) is 13.1 Å². The predicted molar refractivity (Wildman–Crippen MR) is 80.7 cm³/mol. The molecule has 0 unspecified atom stereocenters. The maximum atomic E-state index is 13.5. The van der Waals surface area contributed by atoms with Crippen LogP contribution in [0.15, 0.2) is 30.5 Å². The monoisotopic (exact) mass is 302 g/mol. The topological polar surface area (TPSA) is 50.2 Å². The Hall–Kier alpha value is -2.21. The van der Waals surface area contributed by atoms with Crippen LogP contribution in [0.1, 0.15) is 28.8 Å². The number of hydrogen-bond donors (Lipinski definition) is 1. The van der Waals surface area contributed by atoms with Gasteiger partial charge in [-0.2, -0.15) is 0 Å². The second kappa shape index (κ2) is 6.27. The number of hydrogen-bond acceptors (Lipinski definition) is 3. The van der Waals surface area contributed by atoms with Crippen LogP contribution in [0.2, 0.25) is 0 Å². The lowest BCUT2D eigenvalue weighted by Crippen LogP contribution is -2.33. The number of amides is 1. The summed E-state index contributed by atoms with van der Waals surface area (Å²) in [6, 6.07) is 6.42. The summed E-state index contributed by atoms with van der Waals surface area (Å²) < 4.78 is 15.6. The van der Waals surface area contributed by atoms with Crippen molar-refractivity contribution in [1.29, 1.82) is 0 Å². The first-order valence-electron chi connectivity index (χ1n) is 7.47. The molecule has 0 saturated carbocycles. The van der Waals surface area contributed by atoms with E-state index in [-0.39, 0.29) is 18.3 Å². The van der Waals surface area contributed by atoms with Crippen LogP contribution in [0.4, 0.5) is 4.39 Å². The molecule has 1 N–H and O–H groups in total. The number of benzene rings is 1. The SMILES string of the molecule is CCN1CCn2cc(C(=O)NCc3ccccc3F)nc2C1. The molecule has 0 aliphatic carbocycles. The van der Waals surface area contributed by atoms with E-state index in [0.29, 0.717) is 11.3 Å². The zero-order valence-corrected chi connectivity index (χ0v) is 12.6. The van der Waals surface area contributed by atoms with Crippen LogP contribution in [0, 0.1) is 5.82 Å². The van der Waals surface area contributed by atoms with Gasteiger partial charge in [-0.1, -0.05) is 25.1 Å². The van der Waals surface area contributed by atoms with Crippen molar-refractivity contribution in [3.05, 3.63) is 53.4 Å². The Balaban J connectivity index is 1.66. The number of likely N-dealkylation sites (N-methyl/N-ethyl adjacent to an activating group) is 1. The number of aromatic nitrogens is 2. The van der Waals surface area contributed by atoms with Crippen molar-refractivity contribution in [2.45, 2.75) is 26.6 Å². The molecule has 0 saturated heterocycles. The molecule has 6 heteroatoms.